The van der Waals surface area contributed by atoms with Gasteiger partial charge in [-0.3, -0.25) is 0 Å². The molecule has 2 fully saturated rings. The number of hydrogen-bond acceptors (Lipinski definition) is 1. The average Bonchev–Trinajstić information content (AvgIpc) is 2.60. The molecule has 1 heteroatoms. The molecule has 63 valence electrons. The van der Waals surface area contributed by atoms with E-state index in [-0.39, 0.29) is 0 Å². The maximum atomic E-state index is 3.69. The Kier molecular flexibility index (Phi) is 2.47. The van der Waals surface area contributed by atoms with Gasteiger partial charge in [0.25, 0.3) is 0 Å². The minimum absolute atomic E-state index is 0.850. The first-order valence-electron chi connectivity index (χ1n) is 5.06. The van der Waals surface area contributed by atoms with Crippen LogP contribution in [0.15, 0.2) is 0 Å². The summed E-state index contributed by atoms with van der Waals surface area (Å²) >= 11 is 0. The highest BCUT2D eigenvalue weighted by Crippen LogP contribution is 2.27. The van der Waals surface area contributed by atoms with Crippen molar-refractivity contribution < 1.29 is 0 Å². The molecule has 0 aromatic rings. The van der Waals surface area contributed by atoms with Crippen molar-refractivity contribution in [3.8, 4) is 0 Å². The minimum Gasteiger partial charge on any atom is -0.307 e. The summed E-state index contributed by atoms with van der Waals surface area (Å²) in [6.45, 7) is 0. The van der Waals surface area contributed by atoms with Crippen molar-refractivity contribution in [2.24, 2.45) is 0 Å². The summed E-state index contributed by atoms with van der Waals surface area (Å²) in [5.74, 6) is 0. The zero-order valence-electron chi connectivity index (χ0n) is 7.23. The molecule has 1 N–H and O–H groups in total. The molecule has 1 nitrogen and oxygen atoms in total. The summed E-state index contributed by atoms with van der Waals surface area (Å²) in [5.41, 5.74) is 0. The molecule has 0 spiro atoms. The van der Waals surface area contributed by atoms with Gasteiger partial charge in [0.1, 0.15) is 0 Å². The molecule has 11 heavy (non-hydrogen) atoms. The predicted octanol–water partition coefficient (Wildman–Crippen LogP) is 2.62. The molecular formula is C10H18N. The van der Waals surface area contributed by atoms with Crippen LogP contribution in [0.1, 0.15) is 51.4 Å². The summed E-state index contributed by atoms with van der Waals surface area (Å²) in [7, 11) is 0. The molecule has 2 saturated carbocycles. The Hall–Kier alpha value is -0.0400. The third-order valence-electron chi connectivity index (χ3n) is 2.97. The summed E-state index contributed by atoms with van der Waals surface area (Å²) in [5, 5.41) is 3.69. The second kappa shape index (κ2) is 3.57. The summed E-state index contributed by atoms with van der Waals surface area (Å²) < 4.78 is 0. The van der Waals surface area contributed by atoms with Gasteiger partial charge in [-0.15, -0.1) is 0 Å². The molecule has 0 aromatic heterocycles. The maximum absolute atomic E-state index is 3.69. The van der Waals surface area contributed by atoms with Gasteiger partial charge in [-0.05, 0) is 25.7 Å². The molecule has 0 saturated heterocycles. The van der Waals surface area contributed by atoms with Crippen molar-refractivity contribution in [3.63, 3.8) is 0 Å². The summed E-state index contributed by atoms with van der Waals surface area (Å²) in [6.07, 6.45) is 11.3. The standard InChI is InChI=1S/C10H18N/c1-2-6-9(5-1)11-10-7-3-4-8-10/h9,11H,1-8H2. The van der Waals surface area contributed by atoms with Crippen LogP contribution >= 0.6 is 0 Å². The van der Waals surface area contributed by atoms with E-state index in [2.05, 4.69) is 5.32 Å². The van der Waals surface area contributed by atoms with Crippen molar-refractivity contribution >= 4 is 0 Å². The van der Waals surface area contributed by atoms with Gasteiger partial charge in [-0.2, -0.15) is 0 Å². The first-order valence-corrected chi connectivity index (χ1v) is 5.06. The molecule has 2 aliphatic rings. The Morgan fingerprint density at radius 2 is 1.55 bits per heavy atom. The van der Waals surface area contributed by atoms with Crippen molar-refractivity contribution in [2.45, 2.75) is 57.4 Å². The van der Waals surface area contributed by atoms with E-state index in [1.54, 1.807) is 6.04 Å². The van der Waals surface area contributed by atoms with E-state index in [1.165, 1.54) is 51.4 Å². The maximum Gasteiger partial charge on any atom is 0.0366 e. The van der Waals surface area contributed by atoms with Crippen molar-refractivity contribution in [2.75, 3.05) is 0 Å². The topological polar surface area (TPSA) is 12.0 Å². The van der Waals surface area contributed by atoms with E-state index in [0.717, 1.165) is 6.04 Å². The highest BCUT2D eigenvalue weighted by Gasteiger charge is 2.21. The van der Waals surface area contributed by atoms with Crippen LogP contribution in [-0.2, 0) is 0 Å². The van der Waals surface area contributed by atoms with Crippen molar-refractivity contribution in [1.29, 1.82) is 0 Å². The van der Waals surface area contributed by atoms with Crippen LogP contribution in [0.5, 0.6) is 0 Å². The number of hydrogen-bond donors (Lipinski definition) is 1. The van der Waals surface area contributed by atoms with Crippen LogP contribution in [0.4, 0.5) is 0 Å². The van der Waals surface area contributed by atoms with Crippen LogP contribution in [0.25, 0.3) is 0 Å². The second-order valence-corrected chi connectivity index (χ2v) is 3.94. The molecule has 1 radical (unpaired) electrons. The normalized spacial score (nSPS) is 28.4. The molecule has 0 heterocycles. The van der Waals surface area contributed by atoms with Gasteiger partial charge in [0.15, 0.2) is 0 Å². The van der Waals surface area contributed by atoms with Gasteiger partial charge in [-0.1, -0.05) is 25.7 Å². The SMILES string of the molecule is C1CC[C](NC2CCCC2)C1. The second-order valence-electron chi connectivity index (χ2n) is 3.94. The van der Waals surface area contributed by atoms with Gasteiger partial charge < -0.3 is 5.32 Å². The highest BCUT2D eigenvalue weighted by molar-refractivity contribution is 4.95. The van der Waals surface area contributed by atoms with E-state index < -0.39 is 0 Å². The third kappa shape index (κ3) is 1.96. The lowest BCUT2D eigenvalue weighted by molar-refractivity contribution is 0.518. The van der Waals surface area contributed by atoms with Crippen LogP contribution < -0.4 is 5.32 Å². The molecule has 0 aromatic carbocycles. The molecule has 0 bridgehead atoms. The van der Waals surface area contributed by atoms with Crippen molar-refractivity contribution in [3.05, 3.63) is 6.04 Å². The Morgan fingerprint density at radius 1 is 0.909 bits per heavy atom. The average molecular weight is 152 g/mol. The zero-order chi connectivity index (χ0) is 7.52. The van der Waals surface area contributed by atoms with Crippen LogP contribution in [0.2, 0.25) is 0 Å². The molecular weight excluding hydrogens is 134 g/mol. The van der Waals surface area contributed by atoms with E-state index in [0.29, 0.717) is 0 Å². The number of rotatable bonds is 2. The Labute approximate surface area is 69.6 Å². The van der Waals surface area contributed by atoms with E-state index in [4.69, 9.17) is 0 Å². The summed E-state index contributed by atoms with van der Waals surface area (Å²) in [6, 6.07) is 2.50. The minimum atomic E-state index is 0.850. The van der Waals surface area contributed by atoms with Gasteiger partial charge in [0, 0.05) is 12.1 Å². The zero-order valence-corrected chi connectivity index (χ0v) is 7.23. The van der Waals surface area contributed by atoms with Gasteiger partial charge in [0.05, 0.1) is 0 Å². The highest BCUT2D eigenvalue weighted by atomic mass is 15.0. The van der Waals surface area contributed by atoms with Gasteiger partial charge in [0.2, 0.25) is 0 Å². The van der Waals surface area contributed by atoms with Crippen LogP contribution in [-0.4, -0.2) is 6.04 Å². The molecule has 0 aliphatic heterocycles. The monoisotopic (exact) mass is 152 g/mol. The lowest BCUT2D eigenvalue weighted by Crippen LogP contribution is -2.28. The quantitative estimate of drug-likeness (QED) is 0.641. The molecule has 2 rings (SSSR count). The lowest BCUT2D eigenvalue weighted by atomic mass is 10.2. The third-order valence-corrected chi connectivity index (χ3v) is 2.97. The Bertz CT molecular complexity index is 96.0. The van der Waals surface area contributed by atoms with E-state index >= 15 is 0 Å². The molecule has 0 unspecified atom stereocenters. The molecule has 0 atom stereocenters. The molecule has 2 aliphatic carbocycles. The Morgan fingerprint density at radius 3 is 2.18 bits per heavy atom. The Balaban J connectivity index is 1.71. The van der Waals surface area contributed by atoms with Crippen LogP contribution in [0, 0.1) is 6.04 Å². The fraction of sp³-hybridized carbons (Fsp3) is 0.900. The largest absolute Gasteiger partial charge is 0.307 e. The predicted molar refractivity (Wildman–Crippen MR) is 47.1 cm³/mol. The first kappa shape index (κ1) is 7.60. The van der Waals surface area contributed by atoms with E-state index in [1.807, 2.05) is 0 Å². The van der Waals surface area contributed by atoms with E-state index in [9.17, 15) is 0 Å². The van der Waals surface area contributed by atoms with Crippen LogP contribution in [0.3, 0.4) is 0 Å². The van der Waals surface area contributed by atoms with Gasteiger partial charge in [-0.25, -0.2) is 0 Å². The van der Waals surface area contributed by atoms with Gasteiger partial charge >= 0.3 is 0 Å². The smallest absolute Gasteiger partial charge is 0.0366 e. The fourth-order valence-electron chi connectivity index (χ4n) is 2.30. The number of nitrogens with one attached hydrogen (secondary N) is 1. The lowest BCUT2D eigenvalue weighted by Gasteiger charge is -2.16. The van der Waals surface area contributed by atoms with Crippen molar-refractivity contribution in [1.82, 2.24) is 5.32 Å². The summed E-state index contributed by atoms with van der Waals surface area (Å²) in [4.78, 5) is 0. The molecule has 0 amide bonds. The first-order chi connectivity index (χ1) is 5.45. The fourth-order valence-corrected chi connectivity index (χ4v) is 2.30.